The van der Waals surface area contributed by atoms with Crippen LogP contribution in [0.25, 0.3) is 0 Å². The van der Waals surface area contributed by atoms with Crippen molar-refractivity contribution in [2.75, 3.05) is 11.9 Å². The number of nitrogens with two attached hydrogens (primary N) is 1. The van der Waals surface area contributed by atoms with Crippen molar-refractivity contribution < 1.29 is 9.59 Å². The fourth-order valence-corrected chi connectivity index (χ4v) is 3.92. The molecule has 0 radical (unpaired) electrons. The van der Waals surface area contributed by atoms with E-state index in [2.05, 4.69) is 5.32 Å². The van der Waals surface area contributed by atoms with Gasteiger partial charge in [-0.1, -0.05) is 12.1 Å². The maximum atomic E-state index is 12.7. The highest BCUT2D eigenvalue weighted by Crippen LogP contribution is 2.56. The van der Waals surface area contributed by atoms with Crippen LogP contribution in [0.1, 0.15) is 44.1 Å². The molecule has 22 heavy (non-hydrogen) atoms. The highest BCUT2D eigenvalue weighted by molar-refractivity contribution is 5.95. The maximum absolute atomic E-state index is 12.7. The van der Waals surface area contributed by atoms with E-state index in [1.807, 2.05) is 24.3 Å². The molecule has 3 fully saturated rings. The molecule has 1 aromatic carbocycles. The molecular formula is C18H24N2O2. The monoisotopic (exact) mass is 300 g/mol. The second-order valence-electron chi connectivity index (χ2n) is 6.95. The topological polar surface area (TPSA) is 72.2 Å². The van der Waals surface area contributed by atoms with Crippen molar-refractivity contribution in [2.24, 2.45) is 16.6 Å². The van der Waals surface area contributed by atoms with Crippen LogP contribution in [-0.4, -0.2) is 18.7 Å². The van der Waals surface area contributed by atoms with Crippen LogP contribution in [0.3, 0.4) is 0 Å². The highest BCUT2D eigenvalue weighted by Gasteiger charge is 2.52. The van der Waals surface area contributed by atoms with E-state index < -0.39 is 0 Å². The Morgan fingerprint density at radius 1 is 1.09 bits per heavy atom. The fourth-order valence-electron chi connectivity index (χ4n) is 3.92. The van der Waals surface area contributed by atoms with Crippen LogP contribution in [0, 0.1) is 10.8 Å². The lowest BCUT2D eigenvalue weighted by atomic mass is 9.54. The van der Waals surface area contributed by atoms with Gasteiger partial charge in [-0.25, -0.2) is 0 Å². The number of aldehydes is 1. The molecule has 0 spiro atoms. The van der Waals surface area contributed by atoms with E-state index in [4.69, 9.17) is 5.73 Å². The number of rotatable bonds is 5. The Labute approximate surface area is 131 Å². The van der Waals surface area contributed by atoms with Crippen LogP contribution in [0.5, 0.6) is 0 Å². The zero-order valence-electron chi connectivity index (χ0n) is 12.9. The van der Waals surface area contributed by atoms with Gasteiger partial charge in [0.1, 0.15) is 6.29 Å². The van der Waals surface area contributed by atoms with Crippen molar-refractivity contribution >= 4 is 17.9 Å². The van der Waals surface area contributed by atoms with Gasteiger partial charge in [0, 0.05) is 16.5 Å². The van der Waals surface area contributed by atoms with Crippen molar-refractivity contribution in [3.8, 4) is 0 Å². The molecule has 4 nitrogen and oxygen atoms in total. The van der Waals surface area contributed by atoms with E-state index in [0.29, 0.717) is 6.54 Å². The van der Waals surface area contributed by atoms with E-state index in [-0.39, 0.29) is 16.7 Å². The number of nitrogens with one attached hydrogen (secondary N) is 1. The van der Waals surface area contributed by atoms with Crippen LogP contribution < -0.4 is 11.1 Å². The Balaban J connectivity index is 1.66. The lowest BCUT2D eigenvalue weighted by Crippen LogP contribution is -2.48. The Kier molecular flexibility index (Phi) is 4.04. The summed E-state index contributed by atoms with van der Waals surface area (Å²) in [4.78, 5) is 24.0. The van der Waals surface area contributed by atoms with Crippen molar-refractivity contribution in [1.82, 2.24) is 0 Å². The molecule has 0 aliphatic heterocycles. The fraction of sp³-hybridized carbons (Fsp3) is 0.556. The van der Waals surface area contributed by atoms with Gasteiger partial charge >= 0.3 is 0 Å². The molecule has 0 unspecified atom stereocenters. The summed E-state index contributed by atoms with van der Waals surface area (Å²) in [5.74, 6) is 0.123. The first-order valence-electron chi connectivity index (χ1n) is 8.18. The number of benzene rings is 1. The van der Waals surface area contributed by atoms with Gasteiger partial charge in [0.15, 0.2) is 0 Å². The average Bonchev–Trinajstić information content (AvgIpc) is 2.58. The first-order valence-corrected chi connectivity index (χ1v) is 8.18. The van der Waals surface area contributed by atoms with Gasteiger partial charge in [0.05, 0.1) is 0 Å². The van der Waals surface area contributed by atoms with Crippen LogP contribution in [-0.2, 0) is 16.0 Å². The third kappa shape index (κ3) is 2.68. The molecule has 4 rings (SSSR count). The minimum Gasteiger partial charge on any atom is -0.330 e. The predicted molar refractivity (Wildman–Crippen MR) is 86.5 cm³/mol. The number of hydrogen-bond acceptors (Lipinski definition) is 3. The van der Waals surface area contributed by atoms with Crippen LogP contribution in [0.2, 0.25) is 0 Å². The van der Waals surface area contributed by atoms with Crippen molar-refractivity contribution in [3.05, 3.63) is 29.8 Å². The second-order valence-corrected chi connectivity index (χ2v) is 6.95. The van der Waals surface area contributed by atoms with Gasteiger partial charge in [-0.15, -0.1) is 0 Å². The quantitative estimate of drug-likeness (QED) is 0.821. The Morgan fingerprint density at radius 2 is 1.68 bits per heavy atom. The molecule has 3 aliphatic rings. The summed E-state index contributed by atoms with van der Waals surface area (Å²) in [6.07, 6.45) is 7.07. The average molecular weight is 300 g/mol. The van der Waals surface area contributed by atoms with Gasteiger partial charge in [0.25, 0.3) is 0 Å². The Bertz CT molecular complexity index is 540. The second kappa shape index (κ2) is 5.84. The van der Waals surface area contributed by atoms with Crippen LogP contribution in [0.4, 0.5) is 5.69 Å². The summed E-state index contributed by atoms with van der Waals surface area (Å²) >= 11 is 0. The Morgan fingerprint density at radius 3 is 2.18 bits per heavy atom. The molecule has 118 valence electrons. The number of fused-ring (bicyclic) bond motifs is 3. The highest BCUT2D eigenvalue weighted by atomic mass is 16.2. The van der Waals surface area contributed by atoms with E-state index in [0.717, 1.165) is 56.9 Å². The standard InChI is InChI=1S/C18H24N2O2/c19-12-5-14-1-3-15(4-2-14)20-16(22)18-9-6-17(13-21,7-10-18)8-11-18/h1-4,13H,5-12,19H2,(H,20,22). The molecule has 1 aromatic rings. The zero-order chi connectivity index (χ0) is 15.6. The van der Waals surface area contributed by atoms with Crippen LogP contribution >= 0.6 is 0 Å². The third-order valence-electron chi connectivity index (χ3n) is 5.68. The van der Waals surface area contributed by atoms with E-state index in [1.54, 1.807) is 0 Å². The summed E-state index contributed by atoms with van der Waals surface area (Å²) in [6.45, 7) is 0.632. The van der Waals surface area contributed by atoms with Crippen molar-refractivity contribution in [3.63, 3.8) is 0 Å². The molecule has 3 N–H and O–H groups in total. The number of amides is 1. The lowest BCUT2D eigenvalue weighted by Gasteiger charge is -2.49. The molecule has 3 saturated carbocycles. The molecule has 3 aliphatic carbocycles. The van der Waals surface area contributed by atoms with Gasteiger partial charge in [-0.3, -0.25) is 4.79 Å². The van der Waals surface area contributed by atoms with Gasteiger partial charge in [0.2, 0.25) is 5.91 Å². The zero-order valence-corrected chi connectivity index (χ0v) is 12.9. The first-order chi connectivity index (χ1) is 10.6. The molecule has 2 bridgehead atoms. The third-order valence-corrected chi connectivity index (χ3v) is 5.68. The molecule has 4 heteroatoms. The molecule has 0 aromatic heterocycles. The molecule has 0 heterocycles. The minimum atomic E-state index is -0.263. The lowest BCUT2D eigenvalue weighted by molar-refractivity contribution is -0.139. The van der Waals surface area contributed by atoms with E-state index in [9.17, 15) is 9.59 Å². The normalized spacial score (nSPS) is 30.0. The predicted octanol–water partition coefficient (Wildman–Crippen LogP) is 2.67. The van der Waals surface area contributed by atoms with Gasteiger partial charge in [-0.2, -0.15) is 0 Å². The molecule has 1 amide bonds. The van der Waals surface area contributed by atoms with E-state index in [1.165, 1.54) is 5.56 Å². The van der Waals surface area contributed by atoms with Crippen molar-refractivity contribution in [2.45, 2.75) is 44.9 Å². The summed E-state index contributed by atoms with van der Waals surface area (Å²) in [5.41, 5.74) is 7.18. The van der Waals surface area contributed by atoms with E-state index >= 15 is 0 Å². The summed E-state index contributed by atoms with van der Waals surface area (Å²) in [7, 11) is 0. The number of carbonyl (C=O) groups is 2. The largest absolute Gasteiger partial charge is 0.330 e. The maximum Gasteiger partial charge on any atom is 0.230 e. The molecule has 0 saturated heterocycles. The van der Waals surface area contributed by atoms with Gasteiger partial charge in [-0.05, 0) is 69.2 Å². The Hall–Kier alpha value is -1.68. The number of carbonyl (C=O) groups excluding carboxylic acids is 2. The van der Waals surface area contributed by atoms with Gasteiger partial charge < -0.3 is 15.8 Å². The number of hydrogen-bond donors (Lipinski definition) is 2. The summed E-state index contributed by atoms with van der Waals surface area (Å²) in [5, 5.41) is 3.07. The number of anilines is 1. The molecule has 0 atom stereocenters. The smallest absolute Gasteiger partial charge is 0.230 e. The summed E-state index contributed by atoms with van der Waals surface area (Å²) in [6, 6.07) is 7.92. The van der Waals surface area contributed by atoms with Crippen molar-refractivity contribution in [1.29, 1.82) is 0 Å². The molecular weight excluding hydrogens is 276 g/mol. The minimum absolute atomic E-state index is 0.123. The summed E-state index contributed by atoms with van der Waals surface area (Å²) < 4.78 is 0. The van der Waals surface area contributed by atoms with Crippen LogP contribution in [0.15, 0.2) is 24.3 Å². The SMILES string of the molecule is NCCc1ccc(NC(=O)C23CCC(C=O)(CC2)CC3)cc1. The first kappa shape index (κ1) is 15.2.